The van der Waals surface area contributed by atoms with Gasteiger partial charge in [-0.25, -0.2) is 9.59 Å². The number of carbonyl (C=O) groups is 2. The van der Waals surface area contributed by atoms with Gasteiger partial charge in [-0.05, 0) is 50.5 Å². The largest absolute Gasteiger partial charge is 0.513 e. The van der Waals surface area contributed by atoms with Crippen LogP contribution in [-0.2, 0) is 4.74 Å². The van der Waals surface area contributed by atoms with Crippen molar-refractivity contribution in [1.82, 2.24) is 5.32 Å². The molecular formula is C15H22N2O5. The van der Waals surface area contributed by atoms with E-state index >= 15 is 0 Å². The van der Waals surface area contributed by atoms with E-state index in [0.717, 1.165) is 19.3 Å². The molecule has 0 aromatic heterocycles. The molecule has 0 unspecified atom stereocenters. The third-order valence-corrected chi connectivity index (χ3v) is 2.70. The van der Waals surface area contributed by atoms with Crippen LogP contribution in [0.25, 0.3) is 0 Å². The van der Waals surface area contributed by atoms with Crippen LogP contribution in [-0.4, -0.2) is 37.1 Å². The van der Waals surface area contributed by atoms with Crippen LogP contribution in [0, 0.1) is 0 Å². The fourth-order valence-electron chi connectivity index (χ4n) is 1.64. The van der Waals surface area contributed by atoms with Gasteiger partial charge in [0, 0.05) is 18.8 Å². The third-order valence-electron chi connectivity index (χ3n) is 2.70. The lowest BCUT2D eigenvalue weighted by Crippen LogP contribution is -2.29. The van der Waals surface area contributed by atoms with Gasteiger partial charge >= 0.3 is 12.2 Å². The Labute approximate surface area is 129 Å². The van der Waals surface area contributed by atoms with Crippen LogP contribution in [0.1, 0.15) is 26.2 Å². The SMILES string of the molecule is CCOC(=O)Oc1ccc(NC(=O)NCCCCCO)cc1. The molecule has 1 aromatic carbocycles. The predicted octanol–water partition coefficient (Wildman–Crippen LogP) is 2.51. The smallest absolute Gasteiger partial charge is 0.434 e. The Hall–Kier alpha value is -2.28. The molecule has 0 fully saturated rings. The number of aliphatic hydroxyl groups excluding tert-OH is 1. The molecule has 0 saturated carbocycles. The minimum absolute atomic E-state index is 0.173. The van der Waals surface area contributed by atoms with E-state index in [1.165, 1.54) is 0 Å². The first-order valence-corrected chi connectivity index (χ1v) is 7.26. The zero-order valence-corrected chi connectivity index (χ0v) is 12.6. The molecule has 0 saturated heterocycles. The number of nitrogens with one attached hydrogen (secondary N) is 2. The van der Waals surface area contributed by atoms with Crippen molar-refractivity contribution in [2.75, 3.05) is 25.1 Å². The number of urea groups is 1. The van der Waals surface area contributed by atoms with Crippen LogP contribution in [0.2, 0.25) is 0 Å². The van der Waals surface area contributed by atoms with Crippen molar-refractivity contribution in [3.8, 4) is 5.75 Å². The summed E-state index contributed by atoms with van der Waals surface area (Å²) in [5.41, 5.74) is 0.587. The van der Waals surface area contributed by atoms with Crippen molar-refractivity contribution in [1.29, 1.82) is 0 Å². The molecule has 0 heterocycles. The summed E-state index contributed by atoms with van der Waals surface area (Å²) in [5.74, 6) is 0.341. The Morgan fingerprint density at radius 1 is 1.14 bits per heavy atom. The Balaban J connectivity index is 2.31. The molecule has 1 aromatic rings. The molecule has 0 spiro atoms. The number of aliphatic hydroxyl groups is 1. The Kier molecular flexibility index (Phi) is 8.44. The van der Waals surface area contributed by atoms with E-state index in [-0.39, 0.29) is 19.2 Å². The molecule has 2 amide bonds. The normalized spacial score (nSPS) is 9.91. The van der Waals surface area contributed by atoms with Crippen LogP contribution < -0.4 is 15.4 Å². The number of ether oxygens (including phenoxy) is 2. The first-order valence-electron chi connectivity index (χ1n) is 7.26. The number of benzene rings is 1. The standard InChI is InChI=1S/C15H22N2O5/c1-2-21-15(20)22-13-8-6-12(7-9-13)17-14(19)16-10-4-3-5-11-18/h6-9,18H,2-5,10-11H2,1H3,(H2,16,17,19). The Morgan fingerprint density at radius 2 is 1.86 bits per heavy atom. The van der Waals surface area contributed by atoms with Crippen LogP contribution in [0.4, 0.5) is 15.3 Å². The Bertz CT molecular complexity index is 462. The molecule has 7 nitrogen and oxygen atoms in total. The van der Waals surface area contributed by atoms with E-state index in [0.29, 0.717) is 18.0 Å². The maximum atomic E-state index is 11.6. The number of hydrogen-bond acceptors (Lipinski definition) is 5. The second-order valence-electron chi connectivity index (χ2n) is 4.47. The van der Waals surface area contributed by atoms with Crippen molar-refractivity contribution in [2.45, 2.75) is 26.2 Å². The quantitative estimate of drug-likeness (QED) is 0.389. The van der Waals surface area contributed by atoms with Gasteiger partial charge in [0.05, 0.1) is 6.61 Å². The van der Waals surface area contributed by atoms with Gasteiger partial charge in [0.1, 0.15) is 5.75 Å². The van der Waals surface area contributed by atoms with E-state index in [1.807, 2.05) is 0 Å². The van der Waals surface area contributed by atoms with Gasteiger partial charge in [0.25, 0.3) is 0 Å². The molecule has 0 atom stereocenters. The van der Waals surface area contributed by atoms with Gasteiger partial charge in [-0.2, -0.15) is 0 Å². The number of unbranched alkanes of at least 4 members (excludes halogenated alkanes) is 2. The van der Waals surface area contributed by atoms with Crippen molar-refractivity contribution in [2.24, 2.45) is 0 Å². The van der Waals surface area contributed by atoms with Crippen molar-refractivity contribution >= 4 is 17.9 Å². The molecule has 0 aliphatic carbocycles. The fraction of sp³-hybridized carbons (Fsp3) is 0.467. The summed E-state index contributed by atoms with van der Waals surface area (Å²) >= 11 is 0. The molecule has 0 aliphatic rings. The molecular weight excluding hydrogens is 288 g/mol. The van der Waals surface area contributed by atoms with E-state index < -0.39 is 6.16 Å². The first-order chi connectivity index (χ1) is 10.7. The summed E-state index contributed by atoms with van der Waals surface area (Å²) in [7, 11) is 0. The van der Waals surface area contributed by atoms with Gasteiger partial charge in [-0.3, -0.25) is 0 Å². The highest BCUT2D eigenvalue weighted by atomic mass is 16.7. The van der Waals surface area contributed by atoms with Crippen LogP contribution in [0.5, 0.6) is 5.75 Å². The molecule has 7 heteroatoms. The first kappa shape index (κ1) is 17.8. The molecule has 3 N–H and O–H groups in total. The molecule has 0 radical (unpaired) electrons. The van der Waals surface area contributed by atoms with E-state index in [9.17, 15) is 9.59 Å². The maximum Gasteiger partial charge on any atom is 0.513 e. The minimum atomic E-state index is -0.760. The lowest BCUT2D eigenvalue weighted by Gasteiger charge is -2.08. The lowest BCUT2D eigenvalue weighted by atomic mass is 10.2. The minimum Gasteiger partial charge on any atom is -0.434 e. The van der Waals surface area contributed by atoms with Gasteiger partial charge in [0.2, 0.25) is 0 Å². The second kappa shape index (κ2) is 10.4. The Morgan fingerprint density at radius 3 is 2.50 bits per heavy atom. The average molecular weight is 310 g/mol. The van der Waals surface area contributed by atoms with Crippen LogP contribution in [0.15, 0.2) is 24.3 Å². The number of rotatable bonds is 8. The fourth-order valence-corrected chi connectivity index (χ4v) is 1.64. The lowest BCUT2D eigenvalue weighted by molar-refractivity contribution is 0.104. The maximum absolute atomic E-state index is 11.6. The van der Waals surface area contributed by atoms with Crippen LogP contribution in [0.3, 0.4) is 0 Å². The van der Waals surface area contributed by atoms with Gasteiger partial charge in [0.15, 0.2) is 0 Å². The predicted molar refractivity (Wildman–Crippen MR) is 82.1 cm³/mol. The highest BCUT2D eigenvalue weighted by molar-refractivity contribution is 5.89. The molecule has 1 rings (SSSR count). The molecule has 0 aliphatic heterocycles. The van der Waals surface area contributed by atoms with Gasteiger partial charge in [-0.15, -0.1) is 0 Å². The van der Waals surface area contributed by atoms with Gasteiger partial charge in [-0.1, -0.05) is 0 Å². The average Bonchev–Trinajstić information content (AvgIpc) is 2.49. The summed E-state index contributed by atoms with van der Waals surface area (Å²) in [5, 5.41) is 14.0. The second-order valence-corrected chi connectivity index (χ2v) is 4.47. The molecule has 22 heavy (non-hydrogen) atoms. The highest BCUT2D eigenvalue weighted by Gasteiger charge is 2.05. The number of hydrogen-bond donors (Lipinski definition) is 3. The summed E-state index contributed by atoms with van der Waals surface area (Å²) in [4.78, 5) is 22.7. The summed E-state index contributed by atoms with van der Waals surface area (Å²) in [6, 6.07) is 6.07. The van der Waals surface area contributed by atoms with Crippen molar-refractivity contribution in [3.63, 3.8) is 0 Å². The monoisotopic (exact) mass is 310 g/mol. The zero-order chi connectivity index (χ0) is 16.2. The molecule has 122 valence electrons. The van der Waals surface area contributed by atoms with E-state index in [2.05, 4.69) is 15.4 Å². The third kappa shape index (κ3) is 7.49. The summed E-state index contributed by atoms with van der Waals surface area (Å²) < 4.78 is 9.56. The van der Waals surface area contributed by atoms with Gasteiger partial charge < -0.3 is 25.2 Å². The summed E-state index contributed by atoms with van der Waals surface area (Å²) in [6.07, 6.45) is 1.67. The zero-order valence-electron chi connectivity index (χ0n) is 12.6. The molecule has 0 bridgehead atoms. The number of anilines is 1. The topological polar surface area (TPSA) is 96.9 Å². The number of carbonyl (C=O) groups excluding carboxylic acids is 2. The van der Waals surface area contributed by atoms with Crippen molar-refractivity contribution in [3.05, 3.63) is 24.3 Å². The highest BCUT2D eigenvalue weighted by Crippen LogP contribution is 2.16. The number of amides is 2. The van der Waals surface area contributed by atoms with E-state index in [4.69, 9.17) is 9.84 Å². The summed E-state index contributed by atoms with van der Waals surface area (Å²) in [6.45, 7) is 2.66. The van der Waals surface area contributed by atoms with E-state index in [1.54, 1.807) is 31.2 Å². The van der Waals surface area contributed by atoms with Crippen molar-refractivity contribution < 1.29 is 24.2 Å². The van der Waals surface area contributed by atoms with Crippen LogP contribution >= 0.6 is 0 Å².